The normalized spacial score (nSPS) is 11.5. The zero-order chi connectivity index (χ0) is 20.5. The second kappa shape index (κ2) is 7.98. The van der Waals surface area contributed by atoms with Gasteiger partial charge in [-0.05, 0) is 47.7 Å². The van der Waals surface area contributed by atoms with Crippen LogP contribution in [0.2, 0.25) is 10.0 Å². The van der Waals surface area contributed by atoms with Gasteiger partial charge in [0.05, 0.1) is 0 Å². The summed E-state index contributed by atoms with van der Waals surface area (Å²) in [5.74, 6) is 0.725. The molecule has 0 saturated carbocycles. The van der Waals surface area contributed by atoms with E-state index in [1.807, 2.05) is 39.0 Å². The number of carbonyl (C=O) groups excluding carboxylic acids is 1. The van der Waals surface area contributed by atoms with Crippen LogP contribution in [-0.4, -0.2) is 11.1 Å². The average molecular weight is 417 g/mol. The summed E-state index contributed by atoms with van der Waals surface area (Å²) in [6, 6.07) is 12.5. The lowest BCUT2D eigenvalue weighted by Crippen LogP contribution is -2.18. The Morgan fingerprint density at radius 2 is 1.79 bits per heavy atom. The van der Waals surface area contributed by atoms with Crippen molar-refractivity contribution in [1.82, 2.24) is 5.16 Å². The fourth-order valence-corrected chi connectivity index (χ4v) is 3.46. The number of aromatic nitrogens is 1. The molecule has 3 rings (SSSR count). The van der Waals surface area contributed by atoms with Crippen molar-refractivity contribution in [1.29, 1.82) is 0 Å². The highest BCUT2D eigenvalue weighted by Gasteiger charge is 2.29. The molecule has 0 aliphatic heterocycles. The van der Waals surface area contributed by atoms with Crippen molar-refractivity contribution in [3.8, 4) is 11.3 Å². The Hall–Kier alpha value is -2.30. The number of anilines is 1. The van der Waals surface area contributed by atoms with Crippen LogP contribution < -0.4 is 5.32 Å². The second-order valence-electron chi connectivity index (χ2n) is 7.61. The van der Waals surface area contributed by atoms with Crippen LogP contribution >= 0.6 is 23.2 Å². The molecule has 2 aromatic carbocycles. The van der Waals surface area contributed by atoms with Crippen molar-refractivity contribution in [2.24, 2.45) is 0 Å². The van der Waals surface area contributed by atoms with E-state index in [1.165, 1.54) is 0 Å². The molecule has 1 amide bonds. The van der Waals surface area contributed by atoms with Crippen molar-refractivity contribution in [2.45, 2.75) is 39.5 Å². The van der Waals surface area contributed by atoms with Gasteiger partial charge in [-0.3, -0.25) is 4.79 Å². The quantitative estimate of drug-likeness (QED) is 0.510. The van der Waals surface area contributed by atoms with E-state index in [9.17, 15) is 4.79 Å². The third kappa shape index (κ3) is 4.23. The van der Waals surface area contributed by atoms with Crippen LogP contribution in [0.1, 0.15) is 49.2 Å². The molecule has 4 nitrogen and oxygen atoms in total. The molecule has 0 fully saturated rings. The minimum absolute atomic E-state index is 0.277. The zero-order valence-corrected chi connectivity index (χ0v) is 17.8. The van der Waals surface area contributed by atoms with Crippen LogP contribution in [0.5, 0.6) is 0 Å². The molecule has 1 heterocycles. The van der Waals surface area contributed by atoms with Crippen molar-refractivity contribution in [2.75, 3.05) is 5.32 Å². The van der Waals surface area contributed by atoms with Crippen LogP contribution in [-0.2, 0) is 11.8 Å². The highest BCUT2D eigenvalue weighted by atomic mass is 35.5. The van der Waals surface area contributed by atoms with Gasteiger partial charge in [0.2, 0.25) is 0 Å². The molecule has 0 spiro atoms. The van der Waals surface area contributed by atoms with Gasteiger partial charge < -0.3 is 9.84 Å². The smallest absolute Gasteiger partial charge is 0.256 e. The van der Waals surface area contributed by atoms with Gasteiger partial charge >= 0.3 is 0 Å². The largest absolute Gasteiger partial charge is 0.354 e. The molecular weight excluding hydrogens is 395 g/mol. The first-order valence-electron chi connectivity index (χ1n) is 9.06. The summed E-state index contributed by atoms with van der Waals surface area (Å²) in [5.41, 5.74) is 2.89. The number of rotatable bonds is 4. The van der Waals surface area contributed by atoms with E-state index in [0.717, 1.165) is 23.1 Å². The number of halogens is 2. The van der Waals surface area contributed by atoms with E-state index in [-0.39, 0.29) is 11.3 Å². The van der Waals surface area contributed by atoms with E-state index in [4.69, 9.17) is 27.7 Å². The maximum absolute atomic E-state index is 12.6. The maximum Gasteiger partial charge on any atom is 0.256 e. The molecule has 6 heteroatoms. The number of hydrogen-bond acceptors (Lipinski definition) is 3. The molecule has 146 valence electrons. The molecule has 0 saturated heterocycles. The van der Waals surface area contributed by atoms with E-state index >= 15 is 0 Å². The van der Waals surface area contributed by atoms with E-state index in [0.29, 0.717) is 27.2 Å². The molecule has 0 radical (unpaired) electrons. The lowest BCUT2D eigenvalue weighted by Gasteiger charge is -2.20. The number of carbonyl (C=O) groups is 1. The topological polar surface area (TPSA) is 55.1 Å². The predicted octanol–water partition coefficient (Wildman–Crippen LogP) is 6.76. The molecule has 0 aliphatic carbocycles. The predicted molar refractivity (Wildman–Crippen MR) is 114 cm³/mol. The summed E-state index contributed by atoms with van der Waals surface area (Å²) in [6.07, 6.45) is 0.851. The number of nitrogens with one attached hydrogen (secondary N) is 1. The summed E-state index contributed by atoms with van der Waals surface area (Å²) in [4.78, 5) is 12.6. The fraction of sp³-hybridized carbons (Fsp3) is 0.273. The molecular formula is C22H22Cl2N2O2. The minimum Gasteiger partial charge on any atom is -0.354 e. The average Bonchev–Trinajstić information content (AvgIpc) is 3.06. The summed E-state index contributed by atoms with van der Waals surface area (Å²) in [6.45, 7) is 8.19. The highest BCUT2D eigenvalue weighted by molar-refractivity contribution is 6.31. The number of nitrogens with zero attached hydrogens (tertiary/aromatic N) is 1. The van der Waals surface area contributed by atoms with Gasteiger partial charge in [0.15, 0.2) is 11.6 Å². The molecule has 28 heavy (non-hydrogen) atoms. The van der Waals surface area contributed by atoms with Gasteiger partial charge in [0.25, 0.3) is 5.91 Å². The molecule has 1 aromatic heterocycles. The third-order valence-corrected chi connectivity index (χ3v) is 5.08. The Morgan fingerprint density at radius 3 is 2.36 bits per heavy atom. The van der Waals surface area contributed by atoms with E-state index in [2.05, 4.69) is 17.4 Å². The van der Waals surface area contributed by atoms with Crippen LogP contribution in [0.4, 0.5) is 5.82 Å². The zero-order valence-electron chi connectivity index (χ0n) is 16.3. The highest BCUT2D eigenvalue weighted by Crippen LogP contribution is 2.39. The van der Waals surface area contributed by atoms with Crippen LogP contribution in [0.3, 0.4) is 0 Å². The molecule has 0 bridgehead atoms. The lowest BCUT2D eigenvalue weighted by atomic mass is 9.85. The first-order valence-corrected chi connectivity index (χ1v) is 9.82. The standard InChI is InChI=1S/C22H22Cl2N2O2/c1-5-13-6-7-15(12-17(13)24)19-18(22(2,3)4)20(26-28-19)25-21(27)14-8-10-16(23)11-9-14/h6-12H,5H2,1-4H3,(H,25,26,27). The third-order valence-electron chi connectivity index (χ3n) is 4.48. The van der Waals surface area contributed by atoms with E-state index < -0.39 is 0 Å². The van der Waals surface area contributed by atoms with Crippen molar-refractivity contribution in [3.05, 3.63) is 69.2 Å². The summed E-state index contributed by atoms with van der Waals surface area (Å²) < 4.78 is 5.65. The second-order valence-corrected chi connectivity index (χ2v) is 8.45. The van der Waals surface area contributed by atoms with Gasteiger partial charge in [-0.2, -0.15) is 0 Å². The van der Waals surface area contributed by atoms with Gasteiger partial charge in [-0.15, -0.1) is 0 Å². The summed E-state index contributed by atoms with van der Waals surface area (Å²) in [7, 11) is 0. The molecule has 0 unspecified atom stereocenters. The molecule has 0 atom stereocenters. The number of benzene rings is 2. The maximum atomic E-state index is 12.6. The van der Waals surface area contributed by atoms with E-state index in [1.54, 1.807) is 24.3 Å². The van der Waals surface area contributed by atoms with Crippen LogP contribution in [0.15, 0.2) is 47.0 Å². The number of hydrogen-bond donors (Lipinski definition) is 1. The Balaban J connectivity index is 2.00. The first kappa shape index (κ1) is 20.4. The number of amides is 1. The summed E-state index contributed by atoms with van der Waals surface area (Å²) in [5, 5.41) is 8.25. The van der Waals surface area contributed by atoms with Gasteiger partial charge in [-0.1, -0.05) is 68.2 Å². The SMILES string of the molecule is CCc1ccc(-c2onc(NC(=O)c3ccc(Cl)cc3)c2C(C)(C)C)cc1Cl. The monoisotopic (exact) mass is 416 g/mol. The summed E-state index contributed by atoms with van der Waals surface area (Å²) >= 11 is 12.3. The Bertz CT molecular complexity index is 1000. The van der Waals surface area contributed by atoms with Crippen molar-refractivity contribution in [3.63, 3.8) is 0 Å². The van der Waals surface area contributed by atoms with Crippen LogP contribution in [0.25, 0.3) is 11.3 Å². The minimum atomic E-state index is -0.312. The fourth-order valence-electron chi connectivity index (χ4n) is 3.02. The molecule has 3 aromatic rings. The first-order chi connectivity index (χ1) is 13.2. The molecule has 1 N–H and O–H groups in total. The number of aryl methyl sites for hydroxylation is 1. The Morgan fingerprint density at radius 1 is 1.11 bits per heavy atom. The van der Waals surface area contributed by atoms with Crippen molar-refractivity contribution < 1.29 is 9.32 Å². The van der Waals surface area contributed by atoms with Gasteiger partial charge in [-0.25, -0.2) is 0 Å². The Labute approximate surface area is 174 Å². The van der Waals surface area contributed by atoms with Crippen LogP contribution in [0, 0.1) is 0 Å². The van der Waals surface area contributed by atoms with Gasteiger partial charge in [0.1, 0.15) is 0 Å². The lowest BCUT2D eigenvalue weighted by molar-refractivity contribution is 0.102. The van der Waals surface area contributed by atoms with Crippen molar-refractivity contribution >= 4 is 34.9 Å². The van der Waals surface area contributed by atoms with Gasteiger partial charge in [0, 0.05) is 26.7 Å². The Kier molecular flexibility index (Phi) is 5.82. The molecule has 0 aliphatic rings.